The molecule has 1 amide bonds. The van der Waals surface area contributed by atoms with Gasteiger partial charge in [-0.15, -0.1) is 11.8 Å². The molecule has 0 aliphatic carbocycles. The molecule has 2 rings (SSSR count). The lowest BCUT2D eigenvalue weighted by Gasteiger charge is -2.10. The number of nitrogens with one attached hydrogen (secondary N) is 1. The van der Waals surface area contributed by atoms with E-state index < -0.39 is 0 Å². The topological polar surface area (TPSA) is 60.3 Å². The van der Waals surface area contributed by atoms with Crippen LogP contribution in [0.2, 0.25) is 0 Å². The van der Waals surface area contributed by atoms with Crippen LogP contribution in [0.4, 0.5) is 0 Å². The molecule has 5 nitrogen and oxygen atoms in total. The van der Waals surface area contributed by atoms with E-state index in [1.807, 2.05) is 31.5 Å². The first-order chi connectivity index (χ1) is 8.95. The Morgan fingerprint density at radius 2 is 2.21 bits per heavy atom. The van der Waals surface area contributed by atoms with Crippen LogP contribution in [-0.4, -0.2) is 35.3 Å². The number of hydrogen-bond donors (Lipinski definition) is 1. The van der Waals surface area contributed by atoms with Gasteiger partial charge in [-0.3, -0.25) is 4.79 Å². The molecule has 1 N–H and O–H groups in total. The van der Waals surface area contributed by atoms with Gasteiger partial charge in [-0.05, 0) is 26.3 Å². The number of likely N-dealkylation sites (N-methyl/N-ethyl adjacent to an activating group) is 1. The summed E-state index contributed by atoms with van der Waals surface area (Å²) in [6, 6.07) is -0.246. The highest BCUT2D eigenvalue weighted by atomic mass is 32.2. The predicted octanol–water partition coefficient (Wildman–Crippen LogP) is 1.75. The first-order valence-corrected chi connectivity index (χ1v) is 7.21. The maximum Gasteiger partial charge on any atom is 0.341 e. The molecular formula is C13H18N2O3S. The molecule has 0 bridgehead atoms. The lowest BCUT2D eigenvalue weighted by Crippen LogP contribution is -2.28. The van der Waals surface area contributed by atoms with Crippen LogP contribution in [-0.2, 0) is 9.53 Å². The Balaban J connectivity index is 2.34. The van der Waals surface area contributed by atoms with Crippen LogP contribution in [0.15, 0.2) is 11.2 Å². The fourth-order valence-corrected chi connectivity index (χ4v) is 3.48. The Morgan fingerprint density at radius 3 is 2.79 bits per heavy atom. The molecule has 1 aromatic rings. The van der Waals surface area contributed by atoms with Crippen LogP contribution < -0.4 is 5.32 Å². The number of carbonyl (C=O) groups excluding carboxylic acids is 2. The number of nitrogens with zero attached hydrogens (tertiary/aromatic N) is 1. The van der Waals surface area contributed by atoms with E-state index in [0.29, 0.717) is 11.3 Å². The summed E-state index contributed by atoms with van der Waals surface area (Å²) in [6.45, 7) is 5.51. The highest BCUT2D eigenvalue weighted by Crippen LogP contribution is 2.39. The summed E-state index contributed by atoms with van der Waals surface area (Å²) in [5, 5.41) is 3.48. The maximum absolute atomic E-state index is 12.1. The Labute approximate surface area is 116 Å². The highest BCUT2D eigenvalue weighted by Gasteiger charge is 2.33. The Bertz CT molecular complexity index is 522. The molecule has 1 aliphatic rings. The van der Waals surface area contributed by atoms with Crippen LogP contribution in [0.1, 0.15) is 35.8 Å². The third kappa shape index (κ3) is 2.49. The summed E-state index contributed by atoms with van der Waals surface area (Å²) in [6.07, 6.45) is 1.70. The largest absolute Gasteiger partial charge is 0.459 e. The minimum atomic E-state index is -0.314. The normalized spacial score (nSPS) is 17.4. The van der Waals surface area contributed by atoms with E-state index in [0.717, 1.165) is 10.6 Å². The fourth-order valence-electron chi connectivity index (χ4n) is 2.14. The van der Waals surface area contributed by atoms with Gasteiger partial charge in [-0.2, -0.15) is 0 Å². The lowest BCUT2D eigenvalue weighted by atomic mass is 10.2. The van der Waals surface area contributed by atoms with Crippen molar-refractivity contribution in [1.29, 1.82) is 0 Å². The SMILES string of the molecule is CNC(=O)C1CSc2c(C(=O)OC(C)C)c(C)cn21. The third-order valence-corrected chi connectivity index (χ3v) is 4.16. The van der Waals surface area contributed by atoms with Crippen molar-refractivity contribution in [2.45, 2.75) is 37.9 Å². The molecule has 1 aromatic heterocycles. The number of esters is 1. The first-order valence-electron chi connectivity index (χ1n) is 6.22. The number of amides is 1. The number of ether oxygens (including phenoxy) is 1. The molecule has 0 aromatic carbocycles. The van der Waals surface area contributed by atoms with Gasteiger partial charge in [0.05, 0.1) is 16.7 Å². The van der Waals surface area contributed by atoms with Gasteiger partial charge in [-0.1, -0.05) is 0 Å². The molecule has 19 heavy (non-hydrogen) atoms. The lowest BCUT2D eigenvalue weighted by molar-refractivity contribution is -0.123. The predicted molar refractivity (Wildman–Crippen MR) is 73.5 cm³/mol. The van der Waals surface area contributed by atoms with Crippen molar-refractivity contribution in [2.75, 3.05) is 12.8 Å². The van der Waals surface area contributed by atoms with Crippen LogP contribution in [0.25, 0.3) is 0 Å². The number of rotatable bonds is 3. The second-order valence-corrected chi connectivity index (χ2v) is 5.80. The molecule has 0 fully saturated rings. The van der Waals surface area contributed by atoms with Crippen LogP contribution in [0.3, 0.4) is 0 Å². The zero-order valence-corrected chi connectivity index (χ0v) is 12.3. The second-order valence-electron chi connectivity index (χ2n) is 4.79. The summed E-state index contributed by atoms with van der Waals surface area (Å²) in [4.78, 5) is 23.9. The van der Waals surface area contributed by atoms with Crippen molar-refractivity contribution in [3.05, 3.63) is 17.3 Å². The van der Waals surface area contributed by atoms with E-state index >= 15 is 0 Å². The number of thioether (sulfide) groups is 1. The Morgan fingerprint density at radius 1 is 1.53 bits per heavy atom. The van der Waals surface area contributed by atoms with Crippen LogP contribution in [0, 0.1) is 6.92 Å². The molecule has 2 heterocycles. The van der Waals surface area contributed by atoms with Gasteiger partial charge in [0.2, 0.25) is 5.91 Å². The summed E-state index contributed by atoms with van der Waals surface area (Å²) < 4.78 is 7.13. The van der Waals surface area contributed by atoms with Crippen molar-refractivity contribution < 1.29 is 14.3 Å². The molecule has 1 aliphatic heterocycles. The maximum atomic E-state index is 12.1. The molecule has 0 saturated heterocycles. The van der Waals surface area contributed by atoms with Gasteiger partial charge in [-0.25, -0.2) is 4.79 Å². The fraction of sp³-hybridized carbons (Fsp3) is 0.538. The van der Waals surface area contributed by atoms with Crippen molar-refractivity contribution >= 4 is 23.6 Å². The summed E-state index contributed by atoms with van der Waals surface area (Å²) >= 11 is 1.52. The zero-order valence-electron chi connectivity index (χ0n) is 11.5. The molecule has 6 heteroatoms. The molecule has 0 saturated carbocycles. The third-order valence-electron chi connectivity index (χ3n) is 2.99. The molecule has 1 unspecified atom stereocenters. The van der Waals surface area contributed by atoms with Gasteiger partial charge in [0.1, 0.15) is 6.04 Å². The minimum Gasteiger partial charge on any atom is -0.459 e. The van der Waals surface area contributed by atoms with Crippen LogP contribution in [0.5, 0.6) is 0 Å². The summed E-state index contributed by atoms with van der Waals surface area (Å²) in [5.41, 5.74) is 1.44. The number of hydrogen-bond acceptors (Lipinski definition) is 4. The zero-order chi connectivity index (χ0) is 14.2. The van der Waals surface area contributed by atoms with Crippen molar-refractivity contribution in [3.63, 3.8) is 0 Å². The highest BCUT2D eigenvalue weighted by molar-refractivity contribution is 7.99. The van der Waals surface area contributed by atoms with Crippen molar-refractivity contribution in [2.24, 2.45) is 0 Å². The number of carbonyl (C=O) groups is 2. The van der Waals surface area contributed by atoms with E-state index in [1.165, 1.54) is 11.8 Å². The molecule has 0 spiro atoms. The van der Waals surface area contributed by atoms with E-state index in [1.54, 1.807) is 7.05 Å². The second kappa shape index (κ2) is 5.28. The molecular weight excluding hydrogens is 264 g/mol. The van der Waals surface area contributed by atoms with Crippen LogP contribution >= 0.6 is 11.8 Å². The van der Waals surface area contributed by atoms with Gasteiger partial charge in [0.25, 0.3) is 0 Å². The summed E-state index contributed by atoms with van der Waals surface area (Å²) in [5.74, 6) is 0.299. The van der Waals surface area contributed by atoms with Gasteiger partial charge >= 0.3 is 5.97 Å². The van der Waals surface area contributed by atoms with Gasteiger partial charge in [0.15, 0.2) is 0 Å². The van der Waals surface area contributed by atoms with E-state index in [2.05, 4.69) is 5.32 Å². The quantitative estimate of drug-likeness (QED) is 0.858. The van der Waals surface area contributed by atoms with Gasteiger partial charge < -0.3 is 14.6 Å². The average Bonchev–Trinajstić information content (AvgIpc) is 2.84. The molecule has 0 radical (unpaired) electrons. The molecule has 1 atom stereocenters. The summed E-state index contributed by atoms with van der Waals surface area (Å²) in [7, 11) is 1.62. The molecule has 104 valence electrons. The van der Waals surface area contributed by atoms with Gasteiger partial charge in [0, 0.05) is 19.0 Å². The smallest absolute Gasteiger partial charge is 0.341 e. The standard InChI is InChI=1S/C13H18N2O3S/c1-7(2)18-13(17)10-8(3)5-15-9(11(16)14-4)6-19-12(10)15/h5,7,9H,6H2,1-4H3,(H,14,16). The number of fused-ring (bicyclic) bond motifs is 1. The monoisotopic (exact) mass is 282 g/mol. The van der Waals surface area contributed by atoms with Crippen molar-refractivity contribution in [1.82, 2.24) is 9.88 Å². The first kappa shape index (κ1) is 14.0. The van der Waals surface area contributed by atoms with E-state index in [4.69, 9.17) is 4.74 Å². The average molecular weight is 282 g/mol. The Kier molecular flexibility index (Phi) is 3.89. The van der Waals surface area contributed by atoms with Crippen molar-refractivity contribution in [3.8, 4) is 0 Å². The number of aryl methyl sites for hydroxylation is 1. The minimum absolute atomic E-state index is 0.0370. The van der Waals surface area contributed by atoms with E-state index in [9.17, 15) is 9.59 Å². The van der Waals surface area contributed by atoms with E-state index in [-0.39, 0.29) is 24.0 Å². The Hall–Kier alpha value is -1.43. The number of aromatic nitrogens is 1.